The molecule has 0 saturated carbocycles. The van der Waals surface area contributed by atoms with E-state index in [0.29, 0.717) is 4.47 Å². The van der Waals surface area contributed by atoms with Crippen LogP contribution in [-0.4, -0.2) is 30.8 Å². The number of carbonyl (C=O) groups is 1. The van der Waals surface area contributed by atoms with Crippen LogP contribution in [0.4, 0.5) is 5.95 Å². The number of halogens is 2. The highest BCUT2D eigenvalue weighted by atomic mass is 79.9. The van der Waals surface area contributed by atoms with Gasteiger partial charge in [-0.05, 0) is 38.0 Å². The summed E-state index contributed by atoms with van der Waals surface area (Å²) in [6, 6.07) is 4.61. The molecule has 8 nitrogen and oxygen atoms in total. The van der Waals surface area contributed by atoms with Gasteiger partial charge in [-0.3, -0.25) is 0 Å². The highest BCUT2D eigenvalue weighted by molar-refractivity contribution is 9.10. The summed E-state index contributed by atoms with van der Waals surface area (Å²) in [5, 5.41) is 23.4. The van der Waals surface area contributed by atoms with Gasteiger partial charge in [-0.25, -0.2) is 4.79 Å². The Kier molecular flexibility index (Phi) is 3.62. The Labute approximate surface area is 122 Å². The number of nitro groups is 1. The maximum Gasteiger partial charge on any atom is 0.492 e. The molecular formula is C9H4Br2N4O4. The highest BCUT2D eigenvalue weighted by Gasteiger charge is 2.25. The molecule has 0 aliphatic carbocycles. The van der Waals surface area contributed by atoms with E-state index in [0.717, 1.165) is 4.68 Å². The summed E-state index contributed by atoms with van der Waals surface area (Å²) in [6.45, 7) is 0. The van der Waals surface area contributed by atoms with Crippen molar-refractivity contribution in [3.63, 3.8) is 0 Å². The molecule has 0 fully saturated rings. The van der Waals surface area contributed by atoms with Crippen molar-refractivity contribution in [2.75, 3.05) is 0 Å². The number of nitrogens with zero attached hydrogens (tertiary/aromatic N) is 4. The van der Waals surface area contributed by atoms with Crippen LogP contribution >= 0.6 is 31.9 Å². The highest BCUT2D eigenvalue weighted by Crippen LogP contribution is 2.26. The third-order valence-corrected chi connectivity index (χ3v) is 3.33. The lowest BCUT2D eigenvalue weighted by Crippen LogP contribution is -2.08. The number of carboxylic acid groups (broad SMARTS) is 1. The van der Waals surface area contributed by atoms with E-state index in [2.05, 4.69) is 41.9 Å². The van der Waals surface area contributed by atoms with Crippen molar-refractivity contribution in [1.29, 1.82) is 0 Å². The number of hydrogen-bond donors (Lipinski definition) is 1. The average Bonchev–Trinajstić information content (AvgIpc) is 2.70. The van der Waals surface area contributed by atoms with E-state index in [4.69, 9.17) is 0 Å². The Balaban J connectivity index is 2.69. The normalized spacial score (nSPS) is 10.4. The molecule has 0 radical (unpaired) electrons. The molecule has 1 aromatic carbocycles. The molecule has 0 aliphatic heterocycles. The van der Waals surface area contributed by atoms with Gasteiger partial charge < -0.3 is 15.2 Å². The van der Waals surface area contributed by atoms with Gasteiger partial charge in [-0.15, -0.1) is 4.68 Å². The SMILES string of the molecule is O=C(O)c1c(Br)cccc1-n1nc([N+](=O)[O-])nc1Br. The summed E-state index contributed by atoms with van der Waals surface area (Å²) in [4.78, 5) is 24.6. The zero-order valence-electron chi connectivity index (χ0n) is 8.95. The first-order valence-electron chi connectivity index (χ1n) is 4.71. The average molecular weight is 392 g/mol. The lowest BCUT2D eigenvalue weighted by molar-refractivity contribution is -0.394. The zero-order valence-corrected chi connectivity index (χ0v) is 12.1. The van der Waals surface area contributed by atoms with E-state index in [1.807, 2.05) is 0 Å². The minimum atomic E-state index is -1.19. The fourth-order valence-corrected chi connectivity index (χ4v) is 2.37. The van der Waals surface area contributed by atoms with Crippen molar-refractivity contribution in [3.8, 4) is 5.69 Å². The summed E-state index contributed by atoms with van der Waals surface area (Å²) in [6.07, 6.45) is 0. The number of aromatic carboxylic acids is 1. The maximum absolute atomic E-state index is 11.2. The van der Waals surface area contributed by atoms with Gasteiger partial charge in [0, 0.05) is 25.5 Å². The van der Waals surface area contributed by atoms with Crippen LogP contribution in [0.25, 0.3) is 5.69 Å². The molecule has 0 unspecified atom stereocenters. The minimum Gasteiger partial charge on any atom is -0.478 e. The standard InChI is InChI=1S/C9H4Br2N4O4/c10-4-2-1-3-5(6(4)7(16)17)14-8(11)12-9(13-14)15(18)19/h1-3H,(H,16,17). The molecule has 0 aliphatic rings. The Hall–Kier alpha value is -1.81. The Bertz CT molecular complexity index is 685. The summed E-state index contributed by atoms with van der Waals surface area (Å²) in [7, 11) is 0. The topological polar surface area (TPSA) is 111 Å². The largest absolute Gasteiger partial charge is 0.492 e. The summed E-state index contributed by atoms with van der Waals surface area (Å²) in [5.41, 5.74) is 0.0948. The third-order valence-electron chi connectivity index (χ3n) is 2.15. The number of aromatic nitrogens is 3. The molecule has 19 heavy (non-hydrogen) atoms. The molecule has 1 aromatic heterocycles. The van der Waals surface area contributed by atoms with Crippen molar-refractivity contribution in [2.24, 2.45) is 0 Å². The van der Waals surface area contributed by atoms with E-state index in [9.17, 15) is 20.0 Å². The van der Waals surface area contributed by atoms with Crippen LogP contribution in [0.3, 0.4) is 0 Å². The zero-order chi connectivity index (χ0) is 14.2. The predicted molar refractivity (Wildman–Crippen MR) is 70.4 cm³/mol. The van der Waals surface area contributed by atoms with Gasteiger partial charge in [0.1, 0.15) is 11.3 Å². The van der Waals surface area contributed by atoms with Gasteiger partial charge in [0.15, 0.2) is 0 Å². The lowest BCUT2D eigenvalue weighted by Gasteiger charge is -2.05. The van der Waals surface area contributed by atoms with Gasteiger partial charge >= 0.3 is 11.9 Å². The second kappa shape index (κ2) is 5.05. The van der Waals surface area contributed by atoms with Gasteiger partial charge in [-0.1, -0.05) is 6.07 Å². The maximum atomic E-state index is 11.2. The fourth-order valence-electron chi connectivity index (χ4n) is 1.41. The first-order valence-corrected chi connectivity index (χ1v) is 6.29. The molecule has 1 N–H and O–H groups in total. The van der Waals surface area contributed by atoms with Crippen LogP contribution in [0.2, 0.25) is 0 Å². The van der Waals surface area contributed by atoms with Gasteiger partial charge in [0.2, 0.25) is 0 Å². The molecule has 2 rings (SSSR count). The van der Waals surface area contributed by atoms with Crippen molar-refractivity contribution in [3.05, 3.63) is 43.1 Å². The van der Waals surface area contributed by atoms with Gasteiger partial charge in [-0.2, -0.15) is 0 Å². The number of hydrogen-bond acceptors (Lipinski definition) is 5. The lowest BCUT2D eigenvalue weighted by atomic mass is 10.2. The van der Waals surface area contributed by atoms with Crippen LogP contribution in [0.15, 0.2) is 27.4 Å². The quantitative estimate of drug-likeness (QED) is 0.635. The molecule has 0 saturated heterocycles. The van der Waals surface area contributed by atoms with E-state index in [-0.39, 0.29) is 16.0 Å². The first-order chi connectivity index (χ1) is 8.91. The van der Waals surface area contributed by atoms with Crippen LogP contribution in [-0.2, 0) is 0 Å². The molecule has 0 amide bonds. The number of carboxylic acids is 1. The van der Waals surface area contributed by atoms with Crippen molar-refractivity contribution >= 4 is 43.8 Å². The summed E-state index contributed by atoms with van der Waals surface area (Å²) < 4.78 is 1.43. The molecule has 0 atom stereocenters. The van der Waals surface area contributed by atoms with E-state index in [1.54, 1.807) is 12.1 Å². The molecule has 2 aromatic rings. The van der Waals surface area contributed by atoms with Gasteiger partial charge in [0.05, 0.1) is 0 Å². The Morgan fingerprint density at radius 3 is 2.63 bits per heavy atom. The smallest absolute Gasteiger partial charge is 0.478 e. The second-order valence-electron chi connectivity index (χ2n) is 3.29. The Morgan fingerprint density at radius 1 is 1.42 bits per heavy atom. The number of rotatable bonds is 3. The molecule has 98 valence electrons. The first kappa shape index (κ1) is 13.6. The minimum absolute atomic E-state index is 0.0415. The van der Waals surface area contributed by atoms with Crippen molar-refractivity contribution in [2.45, 2.75) is 0 Å². The number of benzene rings is 1. The van der Waals surface area contributed by atoms with Crippen LogP contribution in [0.1, 0.15) is 10.4 Å². The summed E-state index contributed by atoms with van der Waals surface area (Å²) >= 11 is 6.12. The van der Waals surface area contributed by atoms with Crippen LogP contribution < -0.4 is 0 Å². The van der Waals surface area contributed by atoms with Crippen LogP contribution in [0.5, 0.6) is 0 Å². The second-order valence-corrected chi connectivity index (χ2v) is 4.85. The molecule has 10 heteroatoms. The molecule has 0 spiro atoms. The molecule has 1 heterocycles. The Morgan fingerprint density at radius 2 is 2.11 bits per heavy atom. The predicted octanol–water partition coefficient (Wildman–Crippen LogP) is 2.40. The molecular weight excluding hydrogens is 388 g/mol. The fraction of sp³-hybridized carbons (Fsp3) is 0. The summed E-state index contributed by atoms with van der Waals surface area (Å²) in [5.74, 6) is -1.81. The monoisotopic (exact) mass is 390 g/mol. The van der Waals surface area contributed by atoms with Gasteiger partial charge in [0.25, 0.3) is 4.73 Å². The molecule has 0 bridgehead atoms. The van der Waals surface area contributed by atoms with Crippen molar-refractivity contribution < 1.29 is 14.8 Å². The van der Waals surface area contributed by atoms with Crippen LogP contribution in [0, 0.1) is 10.1 Å². The van der Waals surface area contributed by atoms with Crippen molar-refractivity contribution in [1.82, 2.24) is 14.8 Å². The van der Waals surface area contributed by atoms with E-state index >= 15 is 0 Å². The van der Waals surface area contributed by atoms with E-state index < -0.39 is 16.8 Å². The van der Waals surface area contributed by atoms with E-state index in [1.165, 1.54) is 6.07 Å². The third kappa shape index (κ3) is 2.49.